The van der Waals surface area contributed by atoms with Crippen molar-refractivity contribution in [1.29, 1.82) is 0 Å². The topological polar surface area (TPSA) is 42.8 Å². The molecule has 3 aromatic rings. The number of halogens is 1. The van der Waals surface area contributed by atoms with Crippen molar-refractivity contribution < 1.29 is 14.4 Å². The van der Waals surface area contributed by atoms with Gasteiger partial charge in [-0.3, -0.25) is 4.79 Å². The van der Waals surface area contributed by atoms with Crippen molar-refractivity contribution >= 4 is 38.3 Å². The zero-order valence-electron chi connectivity index (χ0n) is 14.9. The number of rotatable bonds is 6. The van der Waals surface area contributed by atoms with Gasteiger partial charge in [-0.1, -0.05) is 30.3 Å². The Morgan fingerprint density at radius 3 is 2.58 bits per heavy atom. The number of anilines is 1. The van der Waals surface area contributed by atoms with Crippen molar-refractivity contribution in [3.8, 4) is 5.75 Å². The van der Waals surface area contributed by atoms with Crippen LogP contribution in [-0.2, 0) is 11.3 Å². The standard InChI is InChI=1S/C21H21BrN2O2/c1-24(14-21(25)23-20-6-4-3-5-19(20)22)13-15-7-8-17-12-18(26-2)10-9-16(17)11-15/h3-12H,13-14H2,1-2H3,(H,23,25)/p+1. The number of carbonyl (C=O) groups excluding carboxylic acids is 1. The number of ether oxygens (including phenoxy) is 1. The van der Waals surface area contributed by atoms with Gasteiger partial charge in [0.15, 0.2) is 6.54 Å². The normalized spacial score (nSPS) is 12.0. The molecule has 4 nitrogen and oxygen atoms in total. The van der Waals surface area contributed by atoms with Crippen LogP contribution in [0.4, 0.5) is 5.69 Å². The quantitative estimate of drug-likeness (QED) is 0.651. The molecule has 0 radical (unpaired) electrons. The molecule has 0 fully saturated rings. The monoisotopic (exact) mass is 413 g/mol. The third kappa shape index (κ3) is 4.62. The summed E-state index contributed by atoms with van der Waals surface area (Å²) < 4.78 is 6.15. The molecule has 134 valence electrons. The highest BCUT2D eigenvalue weighted by molar-refractivity contribution is 9.10. The molecule has 0 bridgehead atoms. The van der Waals surface area contributed by atoms with Crippen LogP contribution in [0.2, 0.25) is 0 Å². The van der Waals surface area contributed by atoms with Gasteiger partial charge < -0.3 is 15.0 Å². The molecule has 5 heteroatoms. The van der Waals surface area contributed by atoms with Crippen LogP contribution in [0.5, 0.6) is 5.75 Å². The molecule has 3 rings (SSSR count). The van der Waals surface area contributed by atoms with Gasteiger partial charge in [0.25, 0.3) is 5.91 Å². The Kier molecular flexibility index (Phi) is 5.91. The number of nitrogens with one attached hydrogen (secondary N) is 2. The third-order valence-electron chi connectivity index (χ3n) is 4.23. The summed E-state index contributed by atoms with van der Waals surface area (Å²) >= 11 is 3.45. The van der Waals surface area contributed by atoms with E-state index < -0.39 is 0 Å². The molecule has 0 saturated carbocycles. The lowest BCUT2D eigenvalue weighted by molar-refractivity contribution is -0.885. The Balaban J connectivity index is 1.62. The zero-order chi connectivity index (χ0) is 18.5. The van der Waals surface area contributed by atoms with Crippen molar-refractivity contribution in [2.45, 2.75) is 6.54 Å². The van der Waals surface area contributed by atoms with Crippen molar-refractivity contribution in [2.24, 2.45) is 0 Å². The fraction of sp³-hybridized carbons (Fsp3) is 0.190. The number of amides is 1. The summed E-state index contributed by atoms with van der Waals surface area (Å²) in [5.41, 5.74) is 2.00. The number of hydrogen-bond donors (Lipinski definition) is 2. The molecule has 3 aromatic carbocycles. The van der Waals surface area contributed by atoms with Crippen LogP contribution in [0.1, 0.15) is 5.56 Å². The Labute approximate surface area is 161 Å². The molecule has 1 amide bonds. The Morgan fingerprint density at radius 2 is 1.81 bits per heavy atom. The van der Waals surface area contributed by atoms with E-state index >= 15 is 0 Å². The molecule has 26 heavy (non-hydrogen) atoms. The Morgan fingerprint density at radius 1 is 1.08 bits per heavy atom. The molecule has 0 saturated heterocycles. The minimum Gasteiger partial charge on any atom is -0.497 e. The summed E-state index contributed by atoms with van der Waals surface area (Å²) in [5.74, 6) is 0.858. The zero-order valence-corrected chi connectivity index (χ0v) is 16.5. The molecule has 0 aliphatic carbocycles. The van der Waals surface area contributed by atoms with Crippen molar-refractivity contribution in [3.05, 3.63) is 70.7 Å². The predicted octanol–water partition coefficient (Wildman–Crippen LogP) is 3.26. The number of para-hydroxylation sites is 1. The number of hydrogen-bond acceptors (Lipinski definition) is 2. The van der Waals surface area contributed by atoms with Gasteiger partial charge in [0.2, 0.25) is 0 Å². The smallest absolute Gasteiger partial charge is 0.279 e. The lowest BCUT2D eigenvalue weighted by atomic mass is 10.1. The predicted molar refractivity (Wildman–Crippen MR) is 109 cm³/mol. The fourth-order valence-electron chi connectivity index (χ4n) is 2.95. The third-order valence-corrected chi connectivity index (χ3v) is 4.92. The van der Waals surface area contributed by atoms with Crippen LogP contribution in [0.15, 0.2) is 65.1 Å². The molecule has 0 spiro atoms. The van der Waals surface area contributed by atoms with Gasteiger partial charge in [-0.2, -0.15) is 0 Å². The Bertz CT molecular complexity index is 927. The molecule has 0 heterocycles. The number of quaternary nitrogens is 1. The highest BCUT2D eigenvalue weighted by atomic mass is 79.9. The van der Waals surface area contributed by atoms with Crippen LogP contribution >= 0.6 is 15.9 Å². The van der Waals surface area contributed by atoms with Gasteiger partial charge in [0.05, 0.1) is 19.8 Å². The van der Waals surface area contributed by atoms with Crippen molar-refractivity contribution in [3.63, 3.8) is 0 Å². The molecule has 1 atom stereocenters. The first-order valence-corrected chi connectivity index (χ1v) is 9.27. The van der Waals surface area contributed by atoms with Crippen LogP contribution in [0.3, 0.4) is 0 Å². The van der Waals surface area contributed by atoms with Crippen LogP contribution in [0.25, 0.3) is 10.8 Å². The largest absolute Gasteiger partial charge is 0.497 e. The maximum Gasteiger partial charge on any atom is 0.279 e. The summed E-state index contributed by atoms with van der Waals surface area (Å²) in [6, 6.07) is 20.1. The van der Waals surface area contributed by atoms with Gasteiger partial charge in [-0.15, -0.1) is 0 Å². The van der Waals surface area contributed by atoms with Gasteiger partial charge in [0, 0.05) is 10.0 Å². The SMILES string of the molecule is COc1ccc2cc(C[NH+](C)CC(=O)Nc3ccccc3Br)ccc2c1. The highest BCUT2D eigenvalue weighted by Crippen LogP contribution is 2.22. The summed E-state index contributed by atoms with van der Waals surface area (Å²) in [4.78, 5) is 13.4. The summed E-state index contributed by atoms with van der Waals surface area (Å²) in [6.07, 6.45) is 0. The number of methoxy groups -OCH3 is 1. The summed E-state index contributed by atoms with van der Waals surface area (Å²) in [5, 5.41) is 5.27. The molecule has 0 aromatic heterocycles. The van der Waals surface area contributed by atoms with E-state index in [0.29, 0.717) is 6.54 Å². The number of likely N-dealkylation sites (N-methyl/N-ethyl adjacent to an activating group) is 1. The number of benzene rings is 3. The molecule has 2 N–H and O–H groups in total. The molecular weight excluding hydrogens is 392 g/mol. The average molecular weight is 414 g/mol. The molecular formula is C21H22BrN2O2+. The van der Waals surface area contributed by atoms with E-state index in [1.54, 1.807) is 7.11 Å². The molecule has 0 aliphatic heterocycles. The van der Waals surface area contributed by atoms with E-state index in [-0.39, 0.29) is 5.91 Å². The van der Waals surface area contributed by atoms with Crippen molar-refractivity contribution in [2.75, 3.05) is 26.0 Å². The summed E-state index contributed by atoms with van der Waals surface area (Å²) in [7, 11) is 3.70. The first-order chi connectivity index (χ1) is 12.5. The molecule has 1 unspecified atom stereocenters. The van der Waals surface area contributed by atoms with Crippen LogP contribution in [0, 0.1) is 0 Å². The van der Waals surface area contributed by atoms with E-state index in [9.17, 15) is 4.79 Å². The summed E-state index contributed by atoms with van der Waals surface area (Å²) in [6.45, 7) is 1.19. The minimum atomic E-state index is -0.0000689. The van der Waals surface area contributed by atoms with Gasteiger partial charge in [-0.25, -0.2) is 0 Å². The fourth-order valence-corrected chi connectivity index (χ4v) is 3.34. The van der Waals surface area contributed by atoms with E-state index in [1.807, 2.05) is 43.4 Å². The van der Waals surface area contributed by atoms with Crippen LogP contribution < -0.4 is 15.0 Å². The van der Waals surface area contributed by atoms with E-state index in [1.165, 1.54) is 10.9 Å². The van der Waals surface area contributed by atoms with Gasteiger partial charge in [-0.05, 0) is 57.0 Å². The number of fused-ring (bicyclic) bond motifs is 1. The second-order valence-corrected chi connectivity index (χ2v) is 7.24. The first kappa shape index (κ1) is 18.4. The maximum atomic E-state index is 12.3. The van der Waals surface area contributed by atoms with Crippen molar-refractivity contribution in [1.82, 2.24) is 0 Å². The Hall–Kier alpha value is -2.37. The lowest BCUT2D eigenvalue weighted by Gasteiger charge is -2.15. The number of carbonyl (C=O) groups is 1. The second kappa shape index (κ2) is 8.34. The molecule has 0 aliphatic rings. The highest BCUT2D eigenvalue weighted by Gasteiger charge is 2.12. The minimum absolute atomic E-state index is 0.0000689. The van der Waals surface area contributed by atoms with E-state index in [2.05, 4.69) is 45.5 Å². The van der Waals surface area contributed by atoms with E-state index in [4.69, 9.17) is 4.74 Å². The van der Waals surface area contributed by atoms with Gasteiger partial charge >= 0.3 is 0 Å². The van der Waals surface area contributed by atoms with Gasteiger partial charge in [0.1, 0.15) is 12.3 Å². The maximum absolute atomic E-state index is 12.3. The average Bonchev–Trinajstić information content (AvgIpc) is 2.63. The van der Waals surface area contributed by atoms with Crippen LogP contribution in [-0.4, -0.2) is 26.6 Å². The first-order valence-electron chi connectivity index (χ1n) is 8.47. The second-order valence-electron chi connectivity index (χ2n) is 6.39. The van der Waals surface area contributed by atoms with E-state index in [0.717, 1.165) is 32.7 Å². The lowest BCUT2D eigenvalue weighted by Crippen LogP contribution is -3.08.